The summed E-state index contributed by atoms with van der Waals surface area (Å²) >= 11 is 0. The highest BCUT2D eigenvalue weighted by atomic mass is 16.5. The minimum atomic E-state index is -1.07. The normalized spacial score (nSPS) is 13.1. The molecule has 0 saturated heterocycles. The minimum Gasteiger partial charge on any atom is -0.480 e. The van der Waals surface area contributed by atoms with Crippen LogP contribution in [0.25, 0.3) is 11.1 Å². The first-order valence-electron chi connectivity index (χ1n) is 8.32. The second kappa shape index (κ2) is 6.97. The van der Waals surface area contributed by atoms with Crippen molar-refractivity contribution in [1.29, 1.82) is 0 Å². The lowest BCUT2D eigenvalue weighted by Crippen LogP contribution is -2.44. The van der Waals surface area contributed by atoms with E-state index in [1.165, 1.54) is 16.7 Å². The molecule has 5 nitrogen and oxygen atoms in total. The Bertz CT molecular complexity index is 813. The van der Waals surface area contributed by atoms with Crippen molar-refractivity contribution >= 4 is 12.1 Å². The SMILES string of the molecule is CC(C)C(NC(=O)OCc1cccc2c1Cc1ccccc1-2)C(=O)O. The number of carboxylic acids is 1. The third-order valence-electron chi connectivity index (χ3n) is 4.51. The van der Waals surface area contributed by atoms with Gasteiger partial charge in [-0.05, 0) is 40.2 Å². The van der Waals surface area contributed by atoms with Crippen LogP contribution in [0.1, 0.15) is 30.5 Å². The highest BCUT2D eigenvalue weighted by Gasteiger charge is 2.25. The van der Waals surface area contributed by atoms with E-state index in [4.69, 9.17) is 9.84 Å². The maximum atomic E-state index is 12.0. The first-order valence-corrected chi connectivity index (χ1v) is 8.32. The minimum absolute atomic E-state index is 0.118. The lowest BCUT2D eigenvalue weighted by atomic mass is 10.0. The Morgan fingerprint density at radius 2 is 1.84 bits per heavy atom. The maximum Gasteiger partial charge on any atom is 0.408 e. The molecule has 1 aliphatic carbocycles. The number of aliphatic carboxylic acids is 1. The van der Waals surface area contributed by atoms with Crippen LogP contribution in [-0.2, 0) is 22.6 Å². The molecule has 25 heavy (non-hydrogen) atoms. The Hall–Kier alpha value is -2.82. The van der Waals surface area contributed by atoms with Crippen LogP contribution in [0.4, 0.5) is 4.79 Å². The third kappa shape index (κ3) is 3.50. The lowest BCUT2D eigenvalue weighted by Gasteiger charge is -2.18. The van der Waals surface area contributed by atoms with Crippen molar-refractivity contribution < 1.29 is 19.4 Å². The predicted octanol–water partition coefficient (Wildman–Crippen LogP) is 3.59. The smallest absolute Gasteiger partial charge is 0.408 e. The lowest BCUT2D eigenvalue weighted by molar-refractivity contribution is -0.140. The molecule has 2 aromatic carbocycles. The number of carboxylic acid groups (broad SMARTS) is 1. The topological polar surface area (TPSA) is 75.6 Å². The molecule has 2 N–H and O–H groups in total. The van der Waals surface area contributed by atoms with Gasteiger partial charge >= 0.3 is 12.1 Å². The molecule has 0 aromatic heterocycles. The van der Waals surface area contributed by atoms with E-state index in [9.17, 15) is 9.59 Å². The number of carbonyl (C=O) groups is 2. The highest BCUT2D eigenvalue weighted by Crippen LogP contribution is 2.38. The van der Waals surface area contributed by atoms with Gasteiger partial charge in [0.25, 0.3) is 0 Å². The zero-order chi connectivity index (χ0) is 18.0. The molecular formula is C20H21NO4. The molecule has 0 saturated carbocycles. The Kier molecular flexibility index (Phi) is 4.74. The van der Waals surface area contributed by atoms with E-state index in [0.29, 0.717) is 0 Å². The van der Waals surface area contributed by atoms with Crippen LogP contribution >= 0.6 is 0 Å². The van der Waals surface area contributed by atoms with Gasteiger partial charge in [-0.2, -0.15) is 0 Å². The van der Waals surface area contributed by atoms with E-state index in [2.05, 4.69) is 23.5 Å². The number of benzene rings is 2. The van der Waals surface area contributed by atoms with E-state index in [0.717, 1.165) is 17.5 Å². The average molecular weight is 339 g/mol. The number of ether oxygens (including phenoxy) is 1. The molecular weight excluding hydrogens is 318 g/mol. The summed E-state index contributed by atoms with van der Waals surface area (Å²) in [7, 11) is 0. The van der Waals surface area contributed by atoms with E-state index in [1.54, 1.807) is 13.8 Å². The van der Waals surface area contributed by atoms with Gasteiger partial charge in [0.1, 0.15) is 12.6 Å². The van der Waals surface area contributed by atoms with Gasteiger partial charge in [-0.1, -0.05) is 56.3 Å². The summed E-state index contributed by atoms with van der Waals surface area (Å²) in [5, 5.41) is 11.5. The maximum absolute atomic E-state index is 12.0. The van der Waals surface area contributed by atoms with Gasteiger partial charge in [0.2, 0.25) is 0 Å². The molecule has 0 fully saturated rings. The zero-order valence-corrected chi connectivity index (χ0v) is 14.3. The van der Waals surface area contributed by atoms with Crippen LogP contribution in [-0.4, -0.2) is 23.2 Å². The first kappa shape index (κ1) is 17.0. The van der Waals surface area contributed by atoms with E-state index in [1.807, 2.05) is 24.3 Å². The molecule has 0 bridgehead atoms. The summed E-state index contributed by atoms with van der Waals surface area (Å²) < 4.78 is 5.27. The van der Waals surface area contributed by atoms with Crippen LogP contribution in [0.3, 0.4) is 0 Å². The molecule has 0 aliphatic heterocycles. The Morgan fingerprint density at radius 3 is 2.56 bits per heavy atom. The second-order valence-corrected chi connectivity index (χ2v) is 6.56. The molecule has 2 aromatic rings. The standard InChI is InChI=1S/C20H21NO4/c1-12(2)18(19(22)23)21-20(24)25-11-14-7-5-9-16-15-8-4-3-6-13(15)10-17(14)16/h3-9,12,18H,10-11H2,1-2H3,(H,21,24)(H,22,23). The van der Waals surface area contributed by atoms with Gasteiger partial charge in [0.15, 0.2) is 0 Å². The third-order valence-corrected chi connectivity index (χ3v) is 4.51. The molecule has 1 unspecified atom stereocenters. The Morgan fingerprint density at radius 1 is 1.12 bits per heavy atom. The zero-order valence-electron chi connectivity index (χ0n) is 14.3. The number of amides is 1. The van der Waals surface area contributed by atoms with Gasteiger partial charge in [-0.25, -0.2) is 9.59 Å². The van der Waals surface area contributed by atoms with Crippen molar-refractivity contribution in [3.63, 3.8) is 0 Å². The van der Waals surface area contributed by atoms with Crippen molar-refractivity contribution in [2.75, 3.05) is 0 Å². The van der Waals surface area contributed by atoms with E-state index in [-0.39, 0.29) is 12.5 Å². The number of hydrogen-bond acceptors (Lipinski definition) is 3. The fourth-order valence-electron chi connectivity index (χ4n) is 3.18. The molecule has 0 radical (unpaired) electrons. The second-order valence-electron chi connectivity index (χ2n) is 6.56. The summed E-state index contributed by atoms with van der Waals surface area (Å²) in [6.45, 7) is 3.59. The summed E-state index contributed by atoms with van der Waals surface area (Å²) in [6.07, 6.45) is 0.102. The van der Waals surface area contributed by atoms with Crippen molar-refractivity contribution in [3.8, 4) is 11.1 Å². The highest BCUT2D eigenvalue weighted by molar-refractivity contribution is 5.80. The molecule has 1 atom stereocenters. The fraction of sp³-hybridized carbons (Fsp3) is 0.300. The molecule has 0 heterocycles. The largest absolute Gasteiger partial charge is 0.480 e. The van der Waals surface area contributed by atoms with Gasteiger partial charge in [-0.3, -0.25) is 0 Å². The van der Waals surface area contributed by atoms with E-state index >= 15 is 0 Å². The molecule has 5 heteroatoms. The van der Waals surface area contributed by atoms with Crippen LogP contribution in [0.2, 0.25) is 0 Å². The van der Waals surface area contributed by atoms with Crippen LogP contribution in [0.15, 0.2) is 42.5 Å². The van der Waals surface area contributed by atoms with Crippen molar-refractivity contribution in [1.82, 2.24) is 5.32 Å². The summed E-state index contributed by atoms with van der Waals surface area (Å²) in [5.41, 5.74) is 5.76. The number of carbonyl (C=O) groups excluding carboxylic acids is 1. The van der Waals surface area contributed by atoms with Gasteiger partial charge in [-0.15, -0.1) is 0 Å². The molecule has 0 spiro atoms. The number of rotatable bonds is 5. The predicted molar refractivity (Wildman–Crippen MR) is 94.3 cm³/mol. The van der Waals surface area contributed by atoms with Crippen molar-refractivity contribution in [3.05, 3.63) is 59.2 Å². The fourth-order valence-corrected chi connectivity index (χ4v) is 3.18. The molecule has 3 rings (SSSR count). The van der Waals surface area contributed by atoms with Gasteiger partial charge in [0, 0.05) is 0 Å². The summed E-state index contributed by atoms with van der Waals surface area (Å²) in [6, 6.07) is 13.2. The van der Waals surface area contributed by atoms with Crippen molar-refractivity contribution in [2.45, 2.75) is 32.9 Å². The first-order chi connectivity index (χ1) is 12.0. The molecule has 1 aliphatic rings. The summed E-state index contributed by atoms with van der Waals surface area (Å²) in [5.74, 6) is -1.29. The van der Waals surface area contributed by atoms with Crippen LogP contribution in [0.5, 0.6) is 0 Å². The quantitative estimate of drug-likeness (QED) is 0.745. The number of nitrogens with one attached hydrogen (secondary N) is 1. The average Bonchev–Trinajstić information content (AvgIpc) is 2.96. The Labute approximate surface area is 146 Å². The van der Waals surface area contributed by atoms with Crippen LogP contribution in [0, 0.1) is 5.92 Å². The van der Waals surface area contributed by atoms with Crippen LogP contribution < -0.4 is 5.32 Å². The summed E-state index contributed by atoms with van der Waals surface area (Å²) in [4.78, 5) is 23.1. The molecule has 130 valence electrons. The number of alkyl carbamates (subject to hydrolysis) is 1. The van der Waals surface area contributed by atoms with Crippen molar-refractivity contribution in [2.24, 2.45) is 5.92 Å². The number of fused-ring (bicyclic) bond motifs is 3. The number of hydrogen-bond donors (Lipinski definition) is 2. The molecule has 1 amide bonds. The van der Waals surface area contributed by atoms with Gasteiger partial charge in [0.05, 0.1) is 0 Å². The van der Waals surface area contributed by atoms with E-state index < -0.39 is 18.1 Å². The van der Waals surface area contributed by atoms with Gasteiger partial charge < -0.3 is 15.2 Å². The Balaban J connectivity index is 1.69. The monoisotopic (exact) mass is 339 g/mol.